The molecule has 1 saturated heterocycles. The Kier molecular flexibility index (Phi) is 6.71. The zero-order valence-electron chi connectivity index (χ0n) is 13.8. The SMILES string of the molecule is C=C(N)N=CN(C(N)=O)[C@@H]1O[C@H](COC(C)=O)[C@@H](C)[C@H]1OC(C)=O. The number of carbonyl (C=O) groups excluding carboxylic acids is 3. The number of hydrogen-bond donors (Lipinski definition) is 2. The van der Waals surface area contributed by atoms with E-state index in [9.17, 15) is 14.4 Å². The minimum atomic E-state index is -1.04. The van der Waals surface area contributed by atoms with Gasteiger partial charge in [0.05, 0.1) is 0 Å². The molecule has 2 amide bonds. The second-order valence-electron chi connectivity index (χ2n) is 5.28. The molecule has 0 saturated carbocycles. The molecule has 4 atom stereocenters. The summed E-state index contributed by atoms with van der Waals surface area (Å²) in [6.45, 7) is 7.54. The molecule has 24 heavy (non-hydrogen) atoms. The van der Waals surface area contributed by atoms with Gasteiger partial charge in [-0.3, -0.25) is 14.5 Å². The normalized spacial score (nSPS) is 26.1. The Bertz CT molecular complexity index is 549. The molecule has 0 aromatic carbocycles. The number of hydrogen-bond acceptors (Lipinski definition) is 8. The second-order valence-corrected chi connectivity index (χ2v) is 5.28. The number of nitrogens with two attached hydrogens (primary N) is 2. The van der Waals surface area contributed by atoms with Gasteiger partial charge in [0, 0.05) is 19.8 Å². The van der Waals surface area contributed by atoms with E-state index in [0.717, 1.165) is 11.2 Å². The largest absolute Gasteiger partial charge is 0.463 e. The maximum atomic E-state index is 11.7. The first-order valence-electron chi connectivity index (χ1n) is 7.15. The van der Waals surface area contributed by atoms with Gasteiger partial charge in [-0.15, -0.1) is 0 Å². The molecule has 10 nitrogen and oxygen atoms in total. The average molecular weight is 342 g/mol. The van der Waals surface area contributed by atoms with E-state index in [-0.39, 0.29) is 18.3 Å². The Balaban J connectivity index is 3.04. The van der Waals surface area contributed by atoms with Crippen molar-refractivity contribution in [3.63, 3.8) is 0 Å². The van der Waals surface area contributed by atoms with Gasteiger partial charge in [0.25, 0.3) is 0 Å². The second kappa shape index (κ2) is 8.29. The summed E-state index contributed by atoms with van der Waals surface area (Å²) in [5.74, 6) is -1.45. The number of carbonyl (C=O) groups is 3. The van der Waals surface area contributed by atoms with Crippen LogP contribution in [0, 0.1) is 5.92 Å². The topological polar surface area (TPSA) is 147 Å². The van der Waals surface area contributed by atoms with E-state index in [1.54, 1.807) is 6.92 Å². The van der Waals surface area contributed by atoms with Crippen LogP contribution in [0.4, 0.5) is 4.79 Å². The monoisotopic (exact) mass is 342 g/mol. The summed E-state index contributed by atoms with van der Waals surface area (Å²) < 4.78 is 15.9. The minimum Gasteiger partial charge on any atom is -0.463 e. The van der Waals surface area contributed by atoms with Crippen molar-refractivity contribution in [2.75, 3.05) is 6.61 Å². The maximum Gasteiger partial charge on any atom is 0.322 e. The van der Waals surface area contributed by atoms with Gasteiger partial charge >= 0.3 is 18.0 Å². The van der Waals surface area contributed by atoms with Crippen molar-refractivity contribution >= 4 is 24.3 Å². The van der Waals surface area contributed by atoms with E-state index in [0.29, 0.717) is 0 Å². The molecule has 0 aliphatic carbocycles. The molecule has 4 N–H and O–H groups in total. The number of nitrogens with zero attached hydrogens (tertiary/aromatic N) is 2. The van der Waals surface area contributed by atoms with E-state index in [2.05, 4.69) is 11.6 Å². The van der Waals surface area contributed by atoms with E-state index >= 15 is 0 Å². The zero-order chi connectivity index (χ0) is 18.4. The third-order valence-electron chi connectivity index (χ3n) is 3.33. The number of amides is 2. The Morgan fingerprint density at radius 3 is 2.38 bits per heavy atom. The fourth-order valence-electron chi connectivity index (χ4n) is 2.21. The van der Waals surface area contributed by atoms with Crippen LogP contribution in [0.25, 0.3) is 0 Å². The van der Waals surface area contributed by atoms with Crippen LogP contribution in [0.1, 0.15) is 20.8 Å². The lowest BCUT2D eigenvalue weighted by atomic mass is 10.0. The molecular formula is C14H22N4O6. The summed E-state index contributed by atoms with van der Waals surface area (Å²) in [5, 5.41) is 0. The molecule has 0 unspecified atom stereocenters. The van der Waals surface area contributed by atoms with E-state index in [1.807, 2.05) is 0 Å². The van der Waals surface area contributed by atoms with Crippen molar-refractivity contribution in [1.29, 1.82) is 0 Å². The highest BCUT2D eigenvalue weighted by Gasteiger charge is 2.48. The highest BCUT2D eigenvalue weighted by Crippen LogP contribution is 2.31. The van der Waals surface area contributed by atoms with Crippen LogP contribution in [0.15, 0.2) is 17.4 Å². The van der Waals surface area contributed by atoms with Gasteiger partial charge in [-0.05, 0) is 0 Å². The van der Waals surface area contributed by atoms with Gasteiger partial charge < -0.3 is 25.7 Å². The van der Waals surface area contributed by atoms with Crippen LogP contribution in [0.5, 0.6) is 0 Å². The first kappa shape index (κ1) is 19.4. The molecule has 1 aliphatic rings. The minimum absolute atomic E-state index is 0.0483. The summed E-state index contributed by atoms with van der Waals surface area (Å²) in [6.07, 6.45) is -1.41. The Hall–Kier alpha value is -2.62. The van der Waals surface area contributed by atoms with Crippen molar-refractivity contribution in [2.24, 2.45) is 22.4 Å². The molecule has 0 radical (unpaired) electrons. The summed E-state index contributed by atoms with van der Waals surface area (Å²) >= 11 is 0. The van der Waals surface area contributed by atoms with Gasteiger partial charge in [-0.25, -0.2) is 9.79 Å². The van der Waals surface area contributed by atoms with Crippen molar-refractivity contribution in [1.82, 2.24) is 4.90 Å². The van der Waals surface area contributed by atoms with Crippen molar-refractivity contribution < 1.29 is 28.6 Å². The van der Waals surface area contributed by atoms with Crippen LogP contribution < -0.4 is 11.5 Å². The molecule has 1 fully saturated rings. The van der Waals surface area contributed by atoms with Crippen LogP contribution in [0.2, 0.25) is 0 Å². The number of urea groups is 1. The Morgan fingerprint density at radius 1 is 1.29 bits per heavy atom. The Labute approximate surface area is 139 Å². The maximum absolute atomic E-state index is 11.7. The van der Waals surface area contributed by atoms with Gasteiger partial charge in [0.1, 0.15) is 24.9 Å². The fraction of sp³-hybridized carbons (Fsp3) is 0.571. The number of ether oxygens (including phenoxy) is 3. The summed E-state index contributed by atoms with van der Waals surface area (Å²) in [7, 11) is 0. The van der Waals surface area contributed by atoms with Crippen molar-refractivity contribution in [3.8, 4) is 0 Å². The van der Waals surface area contributed by atoms with Crippen LogP contribution in [-0.4, -0.2) is 54.3 Å². The lowest BCUT2D eigenvalue weighted by Crippen LogP contribution is -2.49. The molecule has 0 aromatic heterocycles. The highest BCUT2D eigenvalue weighted by molar-refractivity contribution is 5.85. The third-order valence-corrected chi connectivity index (χ3v) is 3.33. The first-order chi connectivity index (χ1) is 11.1. The molecule has 1 heterocycles. The van der Waals surface area contributed by atoms with E-state index < -0.39 is 36.4 Å². The van der Waals surface area contributed by atoms with Gasteiger partial charge in [-0.1, -0.05) is 13.5 Å². The predicted octanol–water partition coefficient (Wildman–Crippen LogP) is -0.319. The smallest absolute Gasteiger partial charge is 0.322 e. The van der Waals surface area contributed by atoms with Gasteiger partial charge in [-0.2, -0.15) is 0 Å². The highest BCUT2D eigenvalue weighted by atomic mass is 16.6. The number of rotatable bonds is 6. The lowest BCUT2D eigenvalue weighted by molar-refractivity contribution is -0.153. The molecule has 1 rings (SSSR count). The average Bonchev–Trinajstić information content (AvgIpc) is 2.73. The summed E-state index contributed by atoms with van der Waals surface area (Å²) in [4.78, 5) is 38.7. The van der Waals surface area contributed by atoms with Gasteiger partial charge in [0.2, 0.25) is 0 Å². The lowest BCUT2D eigenvalue weighted by Gasteiger charge is -2.27. The molecule has 0 spiro atoms. The van der Waals surface area contributed by atoms with Crippen LogP contribution in [-0.2, 0) is 23.8 Å². The van der Waals surface area contributed by atoms with Crippen molar-refractivity contribution in [3.05, 3.63) is 12.4 Å². The van der Waals surface area contributed by atoms with E-state index in [1.165, 1.54) is 13.8 Å². The molecule has 1 aliphatic heterocycles. The molecular weight excluding hydrogens is 320 g/mol. The summed E-state index contributed by atoms with van der Waals surface area (Å²) in [5.41, 5.74) is 10.7. The standard InChI is InChI=1S/C14H22N4O6/c1-7-11(5-22-9(3)19)24-13(12(7)23-10(4)20)18(14(16)21)6-17-8(2)15/h6-7,11-13H,2,5,15H2,1,3-4H3,(H2,16,21)/t7-,11-,12-,13-/m1/s1. The van der Waals surface area contributed by atoms with Crippen LogP contribution >= 0.6 is 0 Å². The number of primary amides is 1. The van der Waals surface area contributed by atoms with Crippen LogP contribution in [0.3, 0.4) is 0 Å². The number of esters is 2. The van der Waals surface area contributed by atoms with E-state index in [4.69, 9.17) is 25.7 Å². The quantitative estimate of drug-likeness (QED) is 0.382. The zero-order valence-corrected chi connectivity index (χ0v) is 13.8. The molecule has 134 valence electrons. The summed E-state index contributed by atoms with van der Waals surface area (Å²) in [6, 6.07) is -0.887. The molecule has 0 aromatic rings. The fourth-order valence-corrected chi connectivity index (χ4v) is 2.21. The predicted molar refractivity (Wildman–Crippen MR) is 83.3 cm³/mol. The Morgan fingerprint density at radius 2 is 1.92 bits per heavy atom. The molecule has 10 heteroatoms. The third kappa shape index (κ3) is 5.23. The number of aliphatic imine (C=N–C) groups is 1. The molecule has 0 bridgehead atoms. The van der Waals surface area contributed by atoms with Gasteiger partial charge in [0.15, 0.2) is 12.3 Å². The first-order valence-corrected chi connectivity index (χ1v) is 7.15. The van der Waals surface area contributed by atoms with Crippen molar-refractivity contribution in [2.45, 2.75) is 39.2 Å².